The first kappa shape index (κ1) is 12.1. The van der Waals surface area contributed by atoms with Gasteiger partial charge in [0.05, 0.1) is 13.7 Å². The third-order valence-electron chi connectivity index (χ3n) is 3.09. The average Bonchev–Trinajstić information content (AvgIpc) is 3.11. The van der Waals surface area contributed by atoms with Gasteiger partial charge in [-0.05, 0) is 36.1 Å². The molecule has 0 bridgehead atoms. The molecule has 1 saturated heterocycles. The van der Waals surface area contributed by atoms with Crippen molar-refractivity contribution in [1.82, 2.24) is 0 Å². The maximum absolute atomic E-state index is 12.0. The van der Waals surface area contributed by atoms with E-state index >= 15 is 0 Å². The Kier molecular flexibility index (Phi) is 3.20. The molecule has 3 nitrogen and oxygen atoms in total. The monoisotopic (exact) mass is 234 g/mol. The maximum Gasteiger partial charge on any atom is 0.194 e. The number of methoxy groups -OCH3 is 1. The number of rotatable bonds is 4. The summed E-state index contributed by atoms with van der Waals surface area (Å²) >= 11 is 0. The minimum Gasteiger partial charge on any atom is -0.496 e. The van der Waals surface area contributed by atoms with Crippen LogP contribution in [0, 0.1) is 6.92 Å². The molecule has 1 atom stereocenters. The largest absolute Gasteiger partial charge is 0.496 e. The van der Waals surface area contributed by atoms with Crippen LogP contribution in [0.1, 0.15) is 41.3 Å². The SMILES string of the molecule is COc1cc(C)c(C(=O)C2CO2)cc1C(C)C. The molecule has 0 spiro atoms. The number of hydrogen-bond acceptors (Lipinski definition) is 3. The molecule has 0 N–H and O–H groups in total. The molecule has 1 heterocycles. The molecule has 0 aliphatic carbocycles. The fourth-order valence-electron chi connectivity index (χ4n) is 1.96. The van der Waals surface area contributed by atoms with E-state index in [-0.39, 0.29) is 11.9 Å². The van der Waals surface area contributed by atoms with Crippen molar-refractivity contribution in [2.75, 3.05) is 13.7 Å². The molecule has 0 aromatic heterocycles. The van der Waals surface area contributed by atoms with Crippen LogP contribution in [-0.2, 0) is 4.74 Å². The molecular formula is C14H18O3. The number of carbonyl (C=O) groups is 1. The van der Waals surface area contributed by atoms with E-state index in [0.29, 0.717) is 12.5 Å². The molecule has 1 aromatic carbocycles. The van der Waals surface area contributed by atoms with E-state index in [2.05, 4.69) is 13.8 Å². The zero-order valence-electron chi connectivity index (χ0n) is 10.7. The second-order valence-electron chi connectivity index (χ2n) is 4.75. The Hall–Kier alpha value is -1.35. The lowest BCUT2D eigenvalue weighted by Crippen LogP contribution is -2.10. The van der Waals surface area contributed by atoms with Gasteiger partial charge in [0.1, 0.15) is 11.9 Å². The molecular weight excluding hydrogens is 216 g/mol. The van der Waals surface area contributed by atoms with Crippen LogP contribution >= 0.6 is 0 Å². The van der Waals surface area contributed by atoms with Crippen LogP contribution in [0.15, 0.2) is 12.1 Å². The Balaban J connectivity index is 2.45. The van der Waals surface area contributed by atoms with Crippen molar-refractivity contribution >= 4 is 5.78 Å². The van der Waals surface area contributed by atoms with Crippen molar-refractivity contribution in [2.45, 2.75) is 32.8 Å². The van der Waals surface area contributed by atoms with Gasteiger partial charge in [-0.2, -0.15) is 0 Å². The number of hydrogen-bond donors (Lipinski definition) is 0. The van der Waals surface area contributed by atoms with Crippen LogP contribution in [0.25, 0.3) is 0 Å². The van der Waals surface area contributed by atoms with Crippen LogP contribution in [0.2, 0.25) is 0 Å². The van der Waals surface area contributed by atoms with Gasteiger partial charge in [-0.25, -0.2) is 0 Å². The van der Waals surface area contributed by atoms with E-state index in [1.54, 1.807) is 7.11 Å². The average molecular weight is 234 g/mol. The summed E-state index contributed by atoms with van der Waals surface area (Å²) < 4.78 is 10.4. The summed E-state index contributed by atoms with van der Waals surface area (Å²) in [6.45, 7) is 6.67. The van der Waals surface area contributed by atoms with Crippen molar-refractivity contribution in [3.05, 3.63) is 28.8 Å². The molecule has 1 aliphatic heterocycles. The van der Waals surface area contributed by atoms with Crippen LogP contribution in [-0.4, -0.2) is 25.6 Å². The summed E-state index contributed by atoms with van der Waals surface area (Å²) in [7, 11) is 1.66. The number of Topliss-reactive ketones (excluding diaryl/α,β-unsaturated/α-hetero) is 1. The number of aryl methyl sites for hydroxylation is 1. The lowest BCUT2D eigenvalue weighted by atomic mass is 9.94. The van der Waals surface area contributed by atoms with Gasteiger partial charge in [0, 0.05) is 5.56 Å². The number of ether oxygens (including phenoxy) is 2. The number of ketones is 1. The first-order chi connectivity index (χ1) is 8.04. The molecule has 17 heavy (non-hydrogen) atoms. The molecule has 1 aromatic rings. The highest BCUT2D eigenvalue weighted by atomic mass is 16.6. The Labute approximate surface area is 102 Å². The van der Waals surface area contributed by atoms with E-state index < -0.39 is 0 Å². The summed E-state index contributed by atoms with van der Waals surface area (Å²) in [5.41, 5.74) is 2.78. The summed E-state index contributed by atoms with van der Waals surface area (Å²) in [4.78, 5) is 12.0. The van der Waals surface area contributed by atoms with Crippen LogP contribution < -0.4 is 4.74 Å². The highest BCUT2D eigenvalue weighted by molar-refractivity contribution is 6.02. The van der Waals surface area contributed by atoms with E-state index in [9.17, 15) is 4.79 Å². The standard InChI is InChI=1S/C14H18O3/c1-8(2)10-6-11(14(15)13-7-17-13)9(3)5-12(10)16-4/h5-6,8,13H,7H2,1-4H3. The molecule has 1 unspecified atom stereocenters. The zero-order chi connectivity index (χ0) is 12.6. The predicted octanol–water partition coefficient (Wildman–Crippen LogP) is 2.71. The molecule has 3 heteroatoms. The minimum atomic E-state index is -0.220. The molecule has 2 rings (SSSR count). The van der Waals surface area contributed by atoms with E-state index in [0.717, 1.165) is 22.4 Å². The fraction of sp³-hybridized carbons (Fsp3) is 0.500. The minimum absolute atomic E-state index is 0.0899. The van der Waals surface area contributed by atoms with Crippen molar-refractivity contribution in [2.24, 2.45) is 0 Å². The molecule has 0 saturated carbocycles. The van der Waals surface area contributed by atoms with Crippen LogP contribution in [0.5, 0.6) is 5.75 Å². The molecule has 0 amide bonds. The van der Waals surface area contributed by atoms with Gasteiger partial charge in [-0.15, -0.1) is 0 Å². The van der Waals surface area contributed by atoms with Crippen molar-refractivity contribution < 1.29 is 14.3 Å². The predicted molar refractivity (Wildman–Crippen MR) is 65.9 cm³/mol. The molecule has 0 radical (unpaired) electrons. The summed E-state index contributed by atoms with van der Waals surface area (Å²) in [6, 6.07) is 3.88. The second kappa shape index (κ2) is 4.49. The quantitative estimate of drug-likeness (QED) is 0.594. The van der Waals surface area contributed by atoms with E-state index in [1.807, 2.05) is 19.1 Å². The Morgan fingerprint density at radius 1 is 1.47 bits per heavy atom. The van der Waals surface area contributed by atoms with Gasteiger partial charge in [0.2, 0.25) is 0 Å². The summed E-state index contributed by atoms with van der Waals surface area (Å²) in [6.07, 6.45) is -0.220. The zero-order valence-corrected chi connectivity index (χ0v) is 10.7. The van der Waals surface area contributed by atoms with Gasteiger partial charge in [0.15, 0.2) is 5.78 Å². The topological polar surface area (TPSA) is 38.8 Å². The van der Waals surface area contributed by atoms with Crippen molar-refractivity contribution in [3.63, 3.8) is 0 Å². The van der Waals surface area contributed by atoms with Crippen molar-refractivity contribution in [1.29, 1.82) is 0 Å². The Morgan fingerprint density at radius 2 is 2.12 bits per heavy atom. The van der Waals surface area contributed by atoms with E-state index in [1.165, 1.54) is 0 Å². The van der Waals surface area contributed by atoms with E-state index in [4.69, 9.17) is 9.47 Å². The normalized spacial score (nSPS) is 18.3. The van der Waals surface area contributed by atoms with Crippen LogP contribution in [0.4, 0.5) is 0 Å². The smallest absolute Gasteiger partial charge is 0.194 e. The van der Waals surface area contributed by atoms with Gasteiger partial charge in [0.25, 0.3) is 0 Å². The van der Waals surface area contributed by atoms with Crippen molar-refractivity contribution in [3.8, 4) is 5.75 Å². The number of benzene rings is 1. The van der Waals surface area contributed by atoms with Gasteiger partial charge in [-0.1, -0.05) is 13.8 Å². The second-order valence-corrected chi connectivity index (χ2v) is 4.75. The number of carbonyl (C=O) groups excluding carboxylic acids is 1. The highest BCUT2D eigenvalue weighted by Gasteiger charge is 2.33. The lowest BCUT2D eigenvalue weighted by molar-refractivity contribution is 0.0953. The fourth-order valence-corrected chi connectivity index (χ4v) is 1.96. The van der Waals surface area contributed by atoms with Gasteiger partial charge in [-0.3, -0.25) is 4.79 Å². The first-order valence-corrected chi connectivity index (χ1v) is 5.89. The van der Waals surface area contributed by atoms with Gasteiger partial charge < -0.3 is 9.47 Å². The molecule has 1 fully saturated rings. The number of epoxide rings is 1. The third kappa shape index (κ3) is 2.34. The Morgan fingerprint density at radius 3 is 2.59 bits per heavy atom. The summed E-state index contributed by atoms with van der Waals surface area (Å²) in [5, 5.41) is 0. The summed E-state index contributed by atoms with van der Waals surface area (Å²) in [5.74, 6) is 1.27. The Bertz CT molecular complexity index is 445. The highest BCUT2D eigenvalue weighted by Crippen LogP contribution is 2.31. The third-order valence-corrected chi connectivity index (χ3v) is 3.09. The molecule has 1 aliphatic rings. The lowest BCUT2D eigenvalue weighted by Gasteiger charge is -2.15. The maximum atomic E-state index is 12.0. The molecule has 92 valence electrons. The van der Waals surface area contributed by atoms with Gasteiger partial charge >= 0.3 is 0 Å². The first-order valence-electron chi connectivity index (χ1n) is 5.89. The van der Waals surface area contributed by atoms with Crippen LogP contribution in [0.3, 0.4) is 0 Å².